The summed E-state index contributed by atoms with van der Waals surface area (Å²) < 4.78 is 5.36. The largest absolute Gasteiger partial charge is 0.466 e. The van der Waals surface area contributed by atoms with Gasteiger partial charge in [0.25, 0.3) is 0 Å². The summed E-state index contributed by atoms with van der Waals surface area (Å²) >= 11 is 11.4. The highest BCUT2D eigenvalue weighted by molar-refractivity contribution is 6.18. The summed E-state index contributed by atoms with van der Waals surface area (Å²) in [6.07, 6.45) is 0. The molecule has 1 heterocycles. The fraction of sp³-hybridized carbons (Fsp3) is 0.500. The van der Waals surface area contributed by atoms with E-state index in [1.807, 2.05) is 13.8 Å². The van der Waals surface area contributed by atoms with E-state index in [9.17, 15) is 0 Å². The molecule has 3 heteroatoms. The van der Waals surface area contributed by atoms with Crippen molar-refractivity contribution < 1.29 is 4.42 Å². The first-order valence-corrected chi connectivity index (χ1v) is 4.47. The van der Waals surface area contributed by atoms with Crippen LogP contribution in [-0.2, 0) is 11.8 Å². The Morgan fingerprint density at radius 3 is 1.64 bits per heavy atom. The Hall–Kier alpha value is -0.140. The Morgan fingerprint density at radius 2 is 1.36 bits per heavy atom. The average Bonchev–Trinajstić information content (AvgIpc) is 2.24. The number of alkyl halides is 2. The zero-order valence-corrected chi connectivity index (χ0v) is 8.09. The van der Waals surface area contributed by atoms with Crippen LogP contribution < -0.4 is 0 Å². The molecule has 0 aromatic carbocycles. The van der Waals surface area contributed by atoms with Gasteiger partial charge in [0.2, 0.25) is 0 Å². The maximum atomic E-state index is 5.71. The van der Waals surface area contributed by atoms with Crippen LogP contribution in [0.4, 0.5) is 0 Å². The van der Waals surface area contributed by atoms with Crippen molar-refractivity contribution in [2.45, 2.75) is 25.6 Å². The molecule has 0 saturated heterocycles. The monoisotopic (exact) mass is 192 g/mol. The molecule has 0 spiro atoms. The molecule has 0 unspecified atom stereocenters. The van der Waals surface area contributed by atoms with Crippen LogP contribution in [0.15, 0.2) is 4.42 Å². The molecule has 0 N–H and O–H groups in total. The number of halogens is 2. The van der Waals surface area contributed by atoms with Crippen LogP contribution >= 0.6 is 23.2 Å². The second-order valence-electron chi connectivity index (χ2n) is 2.44. The molecule has 0 fully saturated rings. The van der Waals surface area contributed by atoms with Crippen molar-refractivity contribution >= 4 is 23.2 Å². The van der Waals surface area contributed by atoms with Crippen molar-refractivity contribution in [3.05, 3.63) is 22.6 Å². The zero-order valence-electron chi connectivity index (χ0n) is 6.58. The summed E-state index contributed by atoms with van der Waals surface area (Å²) in [7, 11) is 0. The van der Waals surface area contributed by atoms with Gasteiger partial charge in [-0.2, -0.15) is 0 Å². The topological polar surface area (TPSA) is 13.1 Å². The maximum Gasteiger partial charge on any atom is 0.105 e. The molecule has 0 aliphatic carbocycles. The van der Waals surface area contributed by atoms with Crippen molar-refractivity contribution in [3.63, 3.8) is 0 Å². The van der Waals surface area contributed by atoms with Crippen LogP contribution in [0.3, 0.4) is 0 Å². The summed E-state index contributed by atoms with van der Waals surface area (Å²) in [6, 6.07) is 0. The molecular formula is C8H10Cl2O. The van der Waals surface area contributed by atoms with Crippen molar-refractivity contribution in [2.24, 2.45) is 0 Å². The zero-order chi connectivity index (χ0) is 8.43. The van der Waals surface area contributed by atoms with Crippen LogP contribution in [0, 0.1) is 13.8 Å². The quantitative estimate of drug-likeness (QED) is 0.656. The third-order valence-corrected chi connectivity index (χ3v) is 2.32. The molecule has 0 radical (unpaired) electrons. The van der Waals surface area contributed by atoms with Gasteiger partial charge < -0.3 is 4.42 Å². The molecule has 11 heavy (non-hydrogen) atoms. The van der Waals surface area contributed by atoms with Gasteiger partial charge >= 0.3 is 0 Å². The van der Waals surface area contributed by atoms with Crippen molar-refractivity contribution in [2.75, 3.05) is 0 Å². The predicted molar refractivity (Wildman–Crippen MR) is 47.3 cm³/mol. The van der Waals surface area contributed by atoms with E-state index in [1.54, 1.807) is 0 Å². The Kier molecular flexibility index (Phi) is 2.85. The van der Waals surface area contributed by atoms with Crippen LogP contribution in [0.25, 0.3) is 0 Å². The minimum atomic E-state index is 0.477. The van der Waals surface area contributed by atoms with Gasteiger partial charge in [-0.3, -0.25) is 0 Å². The first-order chi connectivity index (χ1) is 5.20. The van der Waals surface area contributed by atoms with E-state index in [1.165, 1.54) is 0 Å². The van der Waals surface area contributed by atoms with E-state index < -0.39 is 0 Å². The molecule has 0 atom stereocenters. The highest BCUT2D eigenvalue weighted by Crippen LogP contribution is 2.24. The van der Waals surface area contributed by atoms with Gasteiger partial charge in [0.05, 0.1) is 11.8 Å². The van der Waals surface area contributed by atoms with Crippen LogP contribution in [0.2, 0.25) is 0 Å². The van der Waals surface area contributed by atoms with E-state index >= 15 is 0 Å². The van der Waals surface area contributed by atoms with Gasteiger partial charge in [-0.25, -0.2) is 0 Å². The molecule has 1 rings (SSSR count). The fourth-order valence-electron chi connectivity index (χ4n) is 1.13. The SMILES string of the molecule is Cc1oc(C)c(CCl)c1CCl. The summed E-state index contributed by atoms with van der Waals surface area (Å²) in [5.41, 5.74) is 2.08. The highest BCUT2D eigenvalue weighted by atomic mass is 35.5. The molecular weight excluding hydrogens is 183 g/mol. The fourth-order valence-corrected chi connectivity index (χ4v) is 1.83. The van der Waals surface area contributed by atoms with E-state index in [-0.39, 0.29) is 0 Å². The average molecular weight is 193 g/mol. The summed E-state index contributed by atoms with van der Waals surface area (Å²) in [6.45, 7) is 3.81. The third-order valence-electron chi connectivity index (χ3n) is 1.79. The lowest BCUT2D eigenvalue weighted by Gasteiger charge is -1.94. The van der Waals surface area contributed by atoms with E-state index in [2.05, 4.69) is 0 Å². The first kappa shape index (κ1) is 8.95. The molecule has 0 saturated carbocycles. The molecule has 0 aliphatic heterocycles. The molecule has 62 valence electrons. The van der Waals surface area contributed by atoms with Crippen LogP contribution in [0.1, 0.15) is 22.6 Å². The summed E-state index contributed by atoms with van der Waals surface area (Å²) in [5, 5.41) is 0. The molecule has 0 bridgehead atoms. The standard InChI is InChI=1S/C8H10Cl2O/c1-5-7(3-9)8(4-10)6(2)11-5/h3-4H2,1-2H3. The highest BCUT2D eigenvalue weighted by Gasteiger charge is 2.11. The maximum absolute atomic E-state index is 5.71. The summed E-state index contributed by atoms with van der Waals surface area (Å²) in [4.78, 5) is 0. The normalized spacial score (nSPS) is 10.5. The Labute approximate surface area is 76.3 Å². The van der Waals surface area contributed by atoms with Gasteiger partial charge in [-0.15, -0.1) is 23.2 Å². The Bertz CT molecular complexity index is 228. The Morgan fingerprint density at radius 1 is 1.00 bits per heavy atom. The molecule has 0 amide bonds. The smallest absolute Gasteiger partial charge is 0.105 e. The van der Waals surface area contributed by atoms with Gasteiger partial charge in [-0.1, -0.05) is 0 Å². The number of hydrogen-bond acceptors (Lipinski definition) is 1. The van der Waals surface area contributed by atoms with Crippen LogP contribution in [0.5, 0.6) is 0 Å². The van der Waals surface area contributed by atoms with Gasteiger partial charge in [0, 0.05) is 11.1 Å². The van der Waals surface area contributed by atoms with Crippen molar-refractivity contribution in [1.29, 1.82) is 0 Å². The second kappa shape index (κ2) is 3.51. The molecule has 1 aromatic rings. The van der Waals surface area contributed by atoms with E-state index in [0.29, 0.717) is 11.8 Å². The lowest BCUT2D eigenvalue weighted by atomic mass is 10.1. The van der Waals surface area contributed by atoms with Gasteiger partial charge in [-0.05, 0) is 13.8 Å². The van der Waals surface area contributed by atoms with Crippen molar-refractivity contribution in [3.8, 4) is 0 Å². The molecule has 0 aliphatic rings. The van der Waals surface area contributed by atoms with E-state index in [0.717, 1.165) is 22.6 Å². The summed E-state index contributed by atoms with van der Waals surface area (Å²) in [5.74, 6) is 2.72. The number of rotatable bonds is 2. The second-order valence-corrected chi connectivity index (χ2v) is 2.97. The number of furan rings is 1. The van der Waals surface area contributed by atoms with E-state index in [4.69, 9.17) is 27.6 Å². The molecule has 1 aromatic heterocycles. The third kappa shape index (κ3) is 1.54. The van der Waals surface area contributed by atoms with Crippen molar-refractivity contribution in [1.82, 2.24) is 0 Å². The predicted octanol–water partition coefficient (Wildman–Crippen LogP) is 3.37. The van der Waals surface area contributed by atoms with Gasteiger partial charge in [0.1, 0.15) is 11.5 Å². The minimum absolute atomic E-state index is 0.477. The molecule has 1 nitrogen and oxygen atoms in total. The minimum Gasteiger partial charge on any atom is -0.466 e. The van der Waals surface area contributed by atoms with Gasteiger partial charge in [0.15, 0.2) is 0 Å². The number of aryl methyl sites for hydroxylation is 2. The first-order valence-electron chi connectivity index (χ1n) is 3.40. The lowest BCUT2D eigenvalue weighted by molar-refractivity contribution is 0.500. The Balaban J connectivity index is 3.17. The van der Waals surface area contributed by atoms with Crippen LogP contribution in [-0.4, -0.2) is 0 Å². The lowest BCUT2D eigenvalue weighted by Crippen LogP contribution is -1.85. The number of hydrogen-bond donors (Lipinski definition) is 0.